The minimum Gasteiger partial charge on any atom is -0.478 e. The van der Waals surface area contributed by atoms with Crippen LogP contribution in [0.2, 0.25) is 0 Å². The summed E-state index contributed by atoms with van der Waals surface area (Å²) in [6.07, 6.45) is 5.01. The van der Waals surface area contributed by atoms with Crippen molar-refractivity contribution in [2.75, 3.05) is 0 Å². The van der Waals surface area contributed by atoms with Gasteiger partial charge in [-0.1, -0.05) is 18.1 Å². The van der Waals surface area contributed by atoms with E-state index >= 15 is 0 Å². The zero-order chi connectivity index (χ0) is 10.6. The summed E-state index contributed by atoms with van der Waals surface area (Å²) in [6.45, 7) is 3.77. The average Bonchev–Trinajstić information content (AvgIpc) is 2.18. The molecule has 74 valence electrons. The first-order chi connectivity index (χ1) is 6.63. The normalized spacial score (nSPS) is 14.1. The van der Waals surface area contributed by atoms with Gasteiger partial charge in [0.25, 0.3) is 0 Å². The van der Waals surface area contributed by atoms with E-state index in [4.69, 9.17) is 16.9 Å². The van der Waals surface area contributed by atoms with Crippen LogP contribution in [-0.2, 0) is 0 Å². The highest BCUT2D eigenvalue weighted by atomic mass is 16.5. The second kappa shape index (κ2) is 4.69. The van der Waals surface area contributed by atoms with Gasteiger partial charge in [0.2, 0.25) is 0 Å². The molecule has 1 rings (SSSR count). The van der Waals surface area contributed by atoms with Gasteiger partial charge in [-0.25, -0.2) is 0 Å². The van der Waals surface area contributed by atoms with Gasteiger partial charge in [-0.2, -0.15) is 0 Å². The fraction of sp³-hybridized carbons (Fsp3) is 0.333. The van der Waals surface area contributed by atoms with Gasteiger partial charge in [-0.15, -0.1) is 6.42 Å². The van der Waals surface area contributed by atoms with E-state index < -0.39 is 0 Å². The van der Waals surface area contributed by atoms with E-state index in [0.29, 0.717) is 0 Å². The van der Waals surface area contributed by atoms with Crippen LogP contribution in [-0.4, -0.2) is 6.10 Å². The Hall–Kier alpha value is -1.46. The van der Waals surface area contributed by atoms with Crippen LogP contribution in [0.15, 0.2) is 24.3 Å². The Balaban J connectivity index is 2.79. The Kier molecular flexibility index (Phi) is 3.55. The van der Waals surface area contributed by atoms with Crippen molar-refractivity contribution in [3.05, 3.63) is 29.8 Å². The molecular weight excluding hydrogens is 174 g/mol. The second-order valence-corrected chi connectivity index (χ2v) is 3.29. The monoisotopic (exact) mass is 189 g/mol. The SMILES string of the molecule is C#C[C@H](C)Oc1cccc([C@@H](C)N)c1. The number of nitrogens with two attached hydrogens (primary N) is 1. The molecule has 0 aliphatic carbocycles. The van der Waals surface area contributed by atoms with Crippen molar-refractivity contribution in [3.63, 3.8) is 0 Å². The van der Waals surface area contributed by atoms with Crippen LogP contribution in [0.5, 0.6) is 5.75 Å². The summed E-state index contributed by atoms with van der Waals surface area (Å²) < 4.78 is 5.46. The van der Waals surface area contributed by atoms with Gasteiger partial charge in [0.1, 0.15) is 5.75 Å². The second-order valence-electron chi connectivity index (χ2n) is 3.29. The van der Waals surface area contributed by atoms with E-state index in [1.54, 1.807) is 0 Å². The van der Waals surface area contributed by atoms with Crippen LogP contribution >= 0.6 is 0 Å². The third kappa shape index (κ3) is 2.79. The summed E-state index contributed by atoms with van der Waals surface area (Å²) in [5.41, 5.74) is 6.80. The highest BCUT2D eigenvalue weighted by molar-refractivity contribution is 5.30. The third-order valence-electron chi connectivity index (χ3n) is 1.93. The molecule has 0 aliphatic rings. The molecule has 0 heterocycles. The standard InChI is InChI=1S/C12H15NO/c1-4-9(2)14-12-7-5-6-11(8-12)10(3)13/h1,5-10H,13H2,2-3H3/t9-,10+/m0/s1. The molecule has 0 saturated carbocycles. The summed E-state index contributed by atoms with van der Waals surface area (Å²) in [7, 11) is 0. The predicted octanol–water partition coefficient (Wildman–Crippen LogP) is 2.11. The molecular formula is C12H15NO. The largest absolute Gasteiger partial charge is 0.478 e. The number of ether oxygens (including phenoxy) is 1. The summed E-state index contributed by atoms with van der Waals surface area (Å²) in [6, 6.07) is 7.69. The molecule has 0 saturated heterocycles. The summed E-state index contributed by atoms with van der Waals surface area (Å²) in [4.78, 5) is 0. The van der Waals surface area contributed by atoms with Crippen LogP contribution in [0.4, 0.5) is 0 Å². The van der Waals surface area contributed by atoms with Crippen molar-refractivity contribution >= 4 is 0 Å². The van der Waals surface area contributed by atoms with Gasteiger partial charge in [0.15, 0.2) is 6.10 Å². The van der Waals surface area contributed by atoms with Crippen molar-refractivity contribution in [1.82, 2.24) is 0 Å². The maximum Gasteiger partial charge on any atom is 0.156 e. The quantitative estimate of drug-likeness (QED) is 0.739. The molecule has 0 fully saturated rings. The highest BCUT2D eigenvalue weighted by Crippen LogP contribution is 2.18. The molecule has 2 nitrogen and oxygen atoms in total. The molecule has 0 unspecified atom stereocenters. The van der Waals surface area contributed by atoms with Crippen molar-refractivity contribution in [1.29, 1.82) is 0 Å². The number of rotatable bonds is 3. The summed E-state index contributed by atoms with van der Waals surface area (Å²) in [5.74, 6) is 3.28. The highest BCUT2D eigenvalue weighted by Gasteiger charge is 2.03. The van der Waals surface area contributed by atoms with E-state index in [1.165, 1.54) is 0 Å². The molecule has 14 heavy (non-hydrogen) atoms. The summed E-state index contributed by atoms with van der Waals surface area (Å²) in [5, 5.41) is 0. The Bertz CT molecular complexity index is 338. The molecule has 2 heteroatoms. The molecule has 1 aromatic carbocycles. The lowest BCUT2D eigenvalue weighted by Crippen LogP contribution is -2.09. The molecule has 2 N–H and O–H groups in total. The van der Waals surface area contributed by atoms with Gasteiger partial charge in [0, 0.05) is 6.04 Å². The molecule has 0 radical (unpaired) electrons. The predicted molar refractivity (Wildman–Crippen MR) is 58.0 cm³/mol. The first-order valence-corrected chi connectivity index (χ1v) is 4.62. The fourth-order valence-electron chi connectivity index (χ4n) is 1.11. The lowest BCUT2D eigenvalue weighted by molar-refractivity contribution is 0.278. The molecule has 2 atom stereocenters. The zero-order valence-electron chi connectivity index (χ0n) is 8.53. The van der Waals surface area contributed by atoms with Crippen molar-refractivity contribution in [3.8, 4) is 18.1 Å². The van der Waals surface area contributed by atoms with Gasteiger partial charge in [0.05, 0.1) is 0 Å². The molecule has 0 amide bonds. The topological polar surface area (TPSA) is 35.2 Å². The number of benzene rings is 1. The van der Waals surface area contributed by atoms with Crippen molar-refractivity contribution in [2.24, 2.45) is 5.73 Å². The molecule has 0 bridgehead atoms. The van der Waals surface area contributed by atoms with Gasteiger partial charge >= 0.3 is 0 Å². The van der Waals surface area contributed by atoms with E-state index in [1.807, 2.05) is 38.1 Å². The number of hydrogen-bond donors (Lipinski definition) is 1. The fourth-order valence-corrected chi connectivity index (χ4v) is 1.11. The Morgan fingerprint density at radius 1 is 1.43 bits per heavy atom. The Morgan fingerprint density at radius 2 is 2.14 bits per heavy atom. The van der Waals surface area contributed by atoms with Crippen molar-refractivity contribution < 1.29 is 4.74 Å². The smallest absolute Gasteiger partial charge is 0.156 e. The molecule has 0 spiro atoms. The Labute approximate surface area is 85.1 Å². The first kappa shape index (κ1) is 10.6. The third-order valence-corrected chi connectivity index (χ3v) is 1.93. The lowest BCUT2D eigenvalue weighted by atomic mass is 10.1. The maximum atomic E-state index is 5.75. The lowest BCUT2D eigenvalue weighted by Gasteiger charge is -2.11. The van der Waals surface area contributed by atoms with E-state index in [0.717, 1.165) is 11.3 Å². The summed E-state index contributed by atoms with van der Waals surface area (Å²) >= 11 is 0. The maximum absolute atomic E-state index is 5.75. The number of terminal acetylenes is 1. The molecule has 1 aromatic rings. The minimum atomic E-state index is -0.210. The van der Waals surface area contributed by atoms with Gasteiger partial charge in [-0.05, 0) is 31.5 Å². The van der Waals surface area contributed by atoms with E-state index in [-0.39, 0.29) is 12.1 Å². The Morgan fingerprint density at radius 3 is 2.71 bits per heavy atom. The van der Waals surface area contributed by atoms with Crippen LogP contribution in [0.1, 0.15) is 25.5 Å². The van der Waals surface area contributed by atoms with Crippen LogP contribution in [0, 0.1) is 12.3 Å². The van der Waals surface area contributed by atoms with E-state index in [2.05, 4.69) is 5.92 Å². The molecule has 0 aromatic heterocycles. The van der Waals surface area contributed by atoms with Crippen LogP contribution < -0.4 is 10.5 Å². The van der Waals surface area contributed by atoms with Crippen molar-refractivity contribution in [2.45, 2.75) is 26.0 Å². The first-order valence-electron chi connectivity index (χ1n) is 4.62. The average molecular weight is 189 g/mol. The van der Waals surface area contributed by atoms with Crippen LogP contribution in [0.25, 0.3) is 0 Å². The zero-order valence-corrected chi connectivity index (χ0v) is 8.53. The van der Waals surface area contributed by atoms with Gasteiger partial charge < -0.3 is 10.5 Å². The minimum absolute atomic E-state index is 0.0136. The van der Waals surface area contributed by atoms with Gasteiger partial charge in [-0.3, -0.25) is 0 Å². The molecule has 0 aliphatic heterocycles. The van der Waals surface area contributed by atoms with Crippen LogP contribution in [0.3, 0.4) is 0 Å². The number of hydrogen-bond acceptors (Lipinski definition) is 2. The van der Waals surface area contributed by atoms with E-state index in [9.17, 15) is 0 Å².